The normalized spacial score (nSPS) is 11.7. The van der Waals surface area contributed by atoms with Crippen molar-refractivity contribution in [3.63, 3.8) is 0 Å². The van der Waals surface area contributed by atoms with Crippen LogP contribution < -0.4 is 8.92 Å². The summed E-state index contributed by atoms with van der Waals surface area (Å²) in [4.78, 5) is 0. The quantitative estimate of drug-likeness (QED) is 0.824. The molecule has 2 nitrogen and oxygen atoms in total. The van der Waals surface area contributed by atoms with E-state index in [4.69, 9.17) is 0 Å². The Kier molecular flexibility index (Phi) is 5.23. The molecule has 0 heterocycles. The number of rotatable bonds is 4. The molecule has 2 N–H and O–H groups in total. The second-order valence-corrected chi connectivity index (χ2v) is 8.38. The zero-order valence-corrected chi connectivity index (χ0v) is 14.5. The summed E-state index contributed by atoms with van der Waals surface area (Å²) in [5, 5.41) is 19.5. The Morgan fingerprint density at radius 1 is 0.905 bits per heavy atom. The minimum atomic E-state index is 0.00607. The van der Waals surface area contributed by atoms with Gasteiger partial charge in [0.15, 0.2) is 0 Å². The van der Waals surface area contributed by atoms with Crippen molar-refractivity contribution < 1.29 is 10.2 Å². The van der Waals surface area contributed by atoms with Crippen LogP contribution in [0.15, 0.2) is 42.5 Å². The average Bonchev–Trinajstić information content (AvgIpc) is 2.47. The molecule has 2 aromatic rings. The summed E-state index contributed by atoms with van der Waals surface area (Å²) in [6.07, 6.45) is 0. The Hall–Kier alpha value is -1.12. The summed E-state index contributed by atoms with van der Waals surface area (Å²) in [5.41, 5.74) is 3.04. The van der Waals surface area contributed by atoms with Gasteiger partial charge in [0.05, 0.1) is 0 Å². The van der Waals surface area contributed by atoms with Crippen molar-refractivity contribution >= 4 is 23.9 Å². The van der Waals surface area contributed by atoms with Crippen LogP contribution >= 0.6 is 0 Å². The molecular formula is C18H22O2Se. The van der Waals surface area contributed by atoms with Gasteiger partial charge in [-0.1, -0.05) is 0 Å². The van der Waals surface area contributed by atoms with E-state index in [2.05, 4.69) is 45.0 Å². The van der Waals surface area contributed by atoms with Crippen LogP contribution in [0.1, 0.15) is 37.5 Å². The number of hydrogen-bond donors (Lipinski definition) is 2. The van der Waals surface area contributed by atoms with Gasteiger partial charge in [0.2, 0.25) is 0 Å². The number of aliphatic hydroxyl groups is 2. The maximum absolute atomic E-state index is 9.73. The first-order valence-electron chi connectivity index (χ1n) is 7.06. The van der Waals surface area contributed by atoms with Crippen LogP contribution in [0, 0.1) is 0 Å². The van der Waals surface area contributed by atoms with Crippen molar-refractivity contribution in [2.24, 2.45) is 0 Å². The van der Waals surface area contributed by atoms with Crippen LogP contribution in [0.4, 0.5) is 0 Å². The van der Waals surface area contributed by atoms with Gasteiger partial charge >= 0.3 is 133 Å². The molecule has 112 valence electrons. The van der Waals surface area contributed by atoms with Gasteiger partial charge in [-0.15, -0.1) is 0 Å². The van der Waals surface area contributed by atoms with Gasteiger partial charge in [-0.25, -0.2) is 0 Å². The van der Waals surface area contributed by atoms with Gasteiger partial charge in [0.25, 0.3) is 0 Å². The second kappa shape index (κ2) is 6.76. The molecule has 21 heavy (non-hydrogen) atoms. The SMILES string of the molecule is CC(C)(C)c1cc(CO)c([Se]c2ccccc2)c(CO)c1. The third-order valence-corrected chi connectivity index (χ3v) is 6.01. The van der Waals surface area contributed by atoms with Crippen molar-refractivity contribution in [3.05, 3.63) is 59.2 Å². The summed E-state index contributed by atoms with van der Waals surface area (Å²) >= 11 is 0.0911. The van der Waals surface area contributed by atoms with Crippen molar-refractivity contribution in [2.75, 3.05) is 0 Å². The van der Waals surface area contributed by atoms with E-state index in [1.54, 1.807) is 0 Å². The number of hydrogen-bond acceptors (Lipinski definition) is 2. The molecule has 0 atom stereocenters. The second-order valence-electron chi connectivity index (χ2n) is 6.10. The van der Waals surface area contributed by atoms with Crippen LogP contribution in [0.3, 0.4) is 0 Å². The summed E-state index contributed by atoms with van der Waals surface area (Å²) < 4.78 is 2.35. The molecule has 0 saturated heterocycles. The van der Waals surface area contributed by atoms with E-state index in [9.17, 15) is 10.2 Å². The van der Waals surface area contributed by atoms with E-state index in [-0.39, 0.29) is 33.6 Å². The van der Waals surface area contributed by atoms with Crippen LogP contribution in [-0.2, 0) is 18.6 Å². The monoisotopic (exact) mass is 350 g/mol. The molecule has 0 fully saturated rings. The Labute approximate surface area is 133 Å². The van der Waals surface area contributed by atoms with Crippen molar-refractivity contribution in [1.82, 2.24) is 0 Å². The molecule has 0 amide bonds. The Morgan fingerprint density at radius 2 is 1.43 bits per heavy atom. The fourth-order valence-corrected chi connectivity index (χ4v) is 4.34. The summed E-state index contributed by atoms with van der Waals surface area (Å²) in [5.74, 6) is 0. The van der Waals surface area contributed by atoms with Gasteiger partial charge in [-0.05, 0) is 0 Å². The third-order valence-electron chi connectivity index (χ3n) is 3.41. The zero-order valence-electron chi connectivity index (χ0n) is 12.8. The van der Waals surface area contributed by atoms with Crippen LogP contribution in [0.5, 0.6) is 0 Å². The Balaban J connectivity index is 2.49. The zero-order chi connectivity index (χ0) is 15.5. The third kappa shape index (κ3) is 3.95. The summed E-state index contributed by atoms with van der Waals surface area (Å²) in [6, 6.07) is 14.4. The minimum absolute atomic E-state index is 0.00607. The van der Waals surface area contributed by atoms with E-state index in [1.807, 2.05) is 18.2 Å². The molecule has 0 aromatic heterocycles. The molecule has 2 aromatic carbocycles. The van der Waals surface area contributed by atoms with Gasteiger partial charge in [0.1, 0.15) is 0 Å². The Morgan fingerprint density at radius 3 is 1.86 bits per heavy atom. The van der Waals surface area contributed by atoms with E-state index < -0.39 is 0 Å². The van der Waals surface area contributed by atoms with Gasteiger partial charge in [0, 0.05) is 0 Å². The van der Waals surface area contributed by atoms with E-state index >= 15 is 0 Å². The number of benzene rings is 2. The van der Waals surface area contributed by atoms with Gasteiger partial charge < -0.3 is 0 Å². The molecule has 0 aliphatic carbocycles. The first-order valence-corrected chi connectivity index (χ1v) is 8.78. The molecule has 0 radical (unpaired) electrons. The maximum atomic E-state index is 9.73. The van der Waals surface area contributed by atoms with Gasteiger partial charge in [-0.3, -0.25) is 0 Å². The summed E-state index contributed by atoms with van der Waals surface area (Å²) in [7, 11) is 0. The van der Waals surface area contributed by atoms with E-state index in [1.165, 1.54) is 4.46 Å². The fraction of sp³-hybridized carbons (Fsp3) is 0.333. The van der Waals surface area contributed by atoms with Crippen LogP contribution in [0.25, 0.3) is 0 Å². The molecule has 0 saturated carbocycles. The fourth-order valence-electron chi connectivity index (χ4n) is 2.16. The molecule has 0 bridgehead atoms. The van der Waals surface area contributed by atoms with Crippen LogP contribution in [0.2, 0.25) is 0 Å². The van der Waals surface area contributed by atoms with Gasteiger partial charge in [-0.2, -0.15) is 0 Å². The molecule has 0 unspecified atom stereocenters. The van der Waals surface area contributed by atoms with Crippen molar-refractivity contribution in [1.29, 1.82) is 0 Å². The van der Waals surface area contributed by atoms with Crippen LogP contribution in [-0.4, -0.2) is 25.2 Å². The predicted octanol–water partition coefficient (Wildman–Crippen LogP) is 1.62. The molecule has 2 rings (SSSR count). The average molecular weight is 349 g/mol. The standard InChI is InChI=1S/C18H22O2Se/c1-18(2,3)15-9-13(11-19)17(14(10-15)12-20)21-16-7-5-4-6-8-16/h4-10,19-20H,11-12H2,1-3H3. The molecule has 0 spiro atoms. The topological polar surface area (TPSA) is 40.5 Å². The first-order chi connectivity index (χ1) is 9.95. The molecule has 0 aliphatic heterocycles. The molecule has 0 aliphatic rings. The van der Waals surface area contributed by atoms with E-state index in [0.717, 1.165) is 21.2 Å². The van der Waals surface area contributed by atoms with E-state index in [0.29, 0.717) is 0 Å². The molecular weight excluding hydrogens is 327 g/mol. The van der Waals surface area contributed by atoms with Crippen molar-refractivity contribution in [2.45, 2.75) is 39.4 Å². The first kappa shape index (κ1) is 16.3. The molecule has 3 heteroatoms. The predicted molar refractivity (Wildman–Crippen MR) is 88.5 cm³/mol. The van der Waals surface area contributed by atoms with Crippen molar-refractivity contribution in [3.8, 4) is 0 Å². The Bertz CT molecular complexity index is 575. The summed E-state index contributed by atoms with van der Waals surface area (Å²) in [6.45, 7) is 6.47. The number of aliphatic hydroxyl groups excluding tert-OH is 2.